The molecule has 1 N–H and O–H groups in total. The lowest BCUT2D eigenvalue weighted by atomic mass is 9.83. The third-order valence-corrected chi connectivity index (χ3v) is 5.80. The number of rotatable bonds is 5. The quantitative estimate of drug-likeness (QED) is 0.908. The molecule has 2 fully saturated rings. The highest BCUT2D eigenvalue weighted by atomic mass is 15.2. The van der Waals surface area contributed by atoms with E-state index in [1.165, 1.54) is 68.7 Å². The highest BCUT2D eigenvalue weighted by molar-refractivity contribution is 5.23. The van der Waals surface area contributed by atoms with Crippen LogP contribution in [-0.2, 0) is 6.42 Å². The van der Waals surface area contributed by atoms with Crippen molar-refractivity contribution in [3.8, 4) is 0 Å². The normalized spacial score (nSPS) is 26.4. The van der Waals surface area contributed by atoms with Crippen LogP contribution in [0.3, 0.4) is 0 Å². The molecule has 0 bridgehead atoms. The zero-order valence-electron chi connectivity index (χ0n) is 14.6. The van der Waals surface area contributed by atoms with Crippen LogP contribution in [0, 0.1) is 19.8 Å². The molecular formula is C18H32N4. The number of hydrogen-bond donors (Lipinski definition) is 1. The zero-order chi connectivity index (χ0) is 15.5. The summed E-state index contributed by atoms with van der Waals surface area (Å²) in [5.74, 6) is 0.880. The summed E-state index contributed by atoms with van der Waals surface area (Å²) in [6.07, 6.45) is 8.22. The maximum absolute atomic E-state index is 4.31. The van der Waals surface area contributed by atoms with Gasteiger partial charge in [0.1, 0.15) is 0 Å². The number of likely N-dealkylation sites (N-methyl/N-ethyl adjacent to an activating group) is 1. The van der Waals surface area contributed by atoms with Crippen molar-refractivity contribution < 1.29 is 0 Å². The molecule has 1 aromatic heterocycles. The van der Waals surface area contributed by atoms with Gasteiger partial charge in [-0.05, 0) is 77.6 Å². The lowest BCUT2D eigenvalue weighted by molar-refractivity contribution is 0.0447. The van der Waals surface area contributed by atoms with E-state index in [-0.39, 0.29) is 0 Å². The van der Waals surface area contributed by atoms with E-state index < -0.39 is 0 Å². The fourth-order valence-corrected chi connectivity index (χ4v) is 4.53. The molecule has 124 valence electrons. The number of fused-ring (bicyclic) bond motifs is 1. The number of aromatic amines is 1. The van der Waals surface area contributed by atoms with E-state index in [4.69, 9.17) is 0 Å². The van der Waals surface area contributed by atoms with Gasteiger partial charge in [-0.1, -0.05) is 6.42 Å². The summed E-state index contributed by atoms with van der Waals surface area (Å²) >= 11 is 0. The predicted octanol–water partition coefficient (Wildman–Crippen LogP) is 2.77. The van der Waals surface area contributed by atoms with Crippen LogP contribution in [0.25, 0.3) is 0 Å². The molecule has 2 saturated heterocycles. The van der Waals surface area contributed by atoms with Crippen molar-refractivity contribution in [1.82, 2.24) is 20.0 Å². The average Bonchev–Trinajstić information content (AvgIpc) is 2.84. The van der Waals surface area contributed by atoms with Gasteiger partial charge in [0.05, 0.1) is 5.69 Å². The SMILES string of the molecule is Cc1n[nH]c(C)c1CCN(C)C[C@@H]1CCCN2CCCC[C@H]12. The fourth-order valence-electron chi connectivity index (χ4n) is 4.53. The lowest BCUT2D eigenvalue weighted by Gasteiger charge is -2.45. The van der Waals surface area contributed by atoms with Crippen molar-refractivity contribution in [2.75, 3.05) is 33.2 Å². The summed E-state index contributed by atoms with van der Waals surface area (Å²) in [5.41, 5.74) is 3.82. The third kappa shape index (κ3) is 3.54. The summed E-state index contributed by atoms with van der Waals surface area (Å²) in [4.78, 5) is 5.32. The van der Waals surface area contributed by atoms with E-state index in [1.54, 1.807) is 0 Å². The Balaban J connectivity index is 1.51. The van der Waals surface area contributed by atoms with Crippen molar-refractivity contribution in [3.63, 3.8) is 0 Å². The maximum Gasteiger partial charge on any atom is 0.0626 e. The minimum absolute atomic E-state index is 0.863. The summed E-state index contributed by atoms with van der Waals surface area (Å²) in [7, 11) is 2.30. The number of piperidine rings is 2. The van der Waals surface area contributed by atoms with Crippen LogP contribution in [0.5, 0.6) is 0 Å². The standard InChI is InChI=1S/C18H32N4/c1-14-17(15(2)20-19-14)9-12-21(3)13-16-7-6-11-22-10-5-4-8-18(16)22/h16,18H,4-13H2,1-3H3,(H,19,20)/t16-,18+/m0/s1. The van der Waals surface area contributed by atoms with Gasteiger partial charge in [0.15, 0.2) is 0 Å². The minimum Gasteiger partial charge on any atom is -0.306 e. The highest BCUT2D eigenvalue weighted by Crippen LogP contribution is 2.31. The molecule has 4 nitrogen and oxygen atoms in total. The highest BCUT2D eigenvalue weighted by Gasteiger charge is 2.33. The Labute approximate surface area is 135 Å². The molecule has 0 radical (unpaired) electrons. The van der Waals surface area contributed by atoms with Crippen molar-refractivity contribution in [3.05, 3.63) is 17.0 Å². The number of H-pyrrole nitrogens is 1. The Hall–Kier alpha value is -0.870. The second-order valence-corrected chi connectivity index (χ2v) is 7.43. The first-order chi connectivity index (χ1) is 10.6. The molecule has 0 aromatic carbocycles. The molecule has 0 amide bonds. The van der Waals surface area contributed by atoms with Gasteiger partial charge in [0.2, 0.25) is 0 Å². The van der Waals surface area contributed by atoms with E-state index in [0.717, 1.165) is 24.9 Å². The molecule has 1 aromatic rings. The van der Waals surface area contributed by atoms with E-state index in [0.29, 0.717) is 0 Å². The maximum atomic E-state index is 4.31. The van der Waals surface area contributed by atoms with Crippen molar-refractivity contribution in [2.24, 2.45) is 5.92 Å². The first-order valence-electron chi connectivity index (χ1n) is 9.08. The molecular weight excluding hydrogens is 272 g/mol. The second-order valence-electron chi connectivity index (χ2n) is 7.43. The van der Waals surface area contributed by atoms with Crippen LogP contribution in [0.4, 0.5) is 0 Å². The zero-order valence-corrected chi connectivity index (χ0v) is 14.6. The summed E-state index contributed by atoms with van der Waals surface area (Å²) in [6, 6.07) is 0.863. The summed E-state index contributed by atoms with van der Waals surface area (Å²) in [5, 5.41) is 7.42. The molecule has 0 unspecified atom stereocenters. The second kappa shape index (κ2) is 7.14. The largest absolute Gasteiger partial charge is 0.306 e. The number of hydrogen-bond acceptors (Lipinski definition) is 3. The van der Waals surface area contributed by atoms with Gasteiger partial charge in [-0.15, -0.1) is 0 Å². The van der Waals surface area contributed by atoms with Crippen molar-refractivity contribution >= 4 is 0 Å². The Kier molecular flexibility index (Phi) is 5.19. The smallest absolute Gasteiger partial charge is 0.0626 e. The van der Waals surface area contributed by atoms with Crippen LogP contribution in [0.2, 0.25) is 0 Å². The molecule has 0 spiro atoms. The molecule has 0 saturated carbocycles. The first-order valence-corrected chi connectivity index (χ1v) is 9.08. The lowest BCUT2D eigenvalue weighted by Crippen LogP contribution is -2.50. The average molecular weight is 304 g/mol. The van der Waals surface area contributed by atoms with Gasteiger partial charge in [0, 0.05) is 24.8 Å². The van der Waals surface area contributed by atoms with Crippen LogP contribution in [0.15, 0.2) is 0 Å². The number of aryl methyl sites for hydroxylation is 2. The molecule has 3 heterocycles. The van der Waals surface area contributed by atoms with Crippen LogP contribution >= 0.6 is 0 Å². The Bertz CT molecular complexity index is 460. The first kappa shape index (κ1) is 16.0. The molecule has 2 aliphatic heterocycles. The van der Waals surface area contributed by atoms with E-state index in [9.17, 15) is 0 Å². The van der Waals surface area contributed by atoms with Gasteiger partial charge in [0.25, 0.3) is 0 Å². The number of nitrogens with zero attached hydrogens (tertiary/aromatic N) is 3. The topological polar surface area (TPSA) is 35.2 Å². The molecule has 4 heteroatoms. The van der Waals surface area contributed by atoms with Gasteiger partial charge < -0.3 is 9.80 Å². The number of aromatic nitrogens is 2. The van der Waals surface area contributed by atoms with E-state index in [1.807, 2.05) is 0 Å². The van der Waals surface area contributed by atoms with Crippen LogP contribution in [-0.4, -0.2) is 59.3 Å². The van der Waals surface area contributed by atoms with Crippen LogP contribution < -0.4 is 0 Å². The summed E-state index contributed by atoms with van der Waals surface area (Å²) < 4.78 is 0. The van der Waals surface area contributed by atoms with Gasteiger partial charge >= 0.3 is 0 Å². The molecule has 3 rings (SSSR count). The molecule has 22 heavy (non-hydrogen) atoms. The van der Waals surface area contributed by atoms with E-state index >= 15 is 0 Å². The predicted molar refractivity (Wildman–Crippen MR) is 91.2 cm³/mol. The Morgan fingerprint density at radius 1 is 1.18 bits per heavy atom. The number of nitrogens with one attached hydrogen (secondary N) is 1. The van der Waals surface area contributed by atoms with Gasteiger partial charge in [-0.2, -0.15) is 5.10 Å². The fraction of sp³-hybridized carbons (Fsp3) is 0.833. The third-order valence-electron chi connectivity index (χ3n) is 5.80. The molecule has 2 atom stereocenters. The van der Waals surface area contributed by atoms with Crippen molar-refractivity contribution in [2.45, 2.75) is 58.4 Å². The van der Waals surface area contributed by atoms with Gasteiger partial charge in [-0.25, -0.2) is 0 Å². The van der Waals surface area contributed by atoms with Gasteiger partial charge in [-0.3, -0.25) is 5.10 Å². The Morgan fingerprint density at radius 2 is 2.00 bits per heavy atom. The minimum atomic E-state index is 0.863. The molecule has 0 aliphatic carbocycles. The monoisotopic (exact) mass is 304 g/mol. The Morgan fingerprint density at radius 3 is 2.77 bits per heavy atom. The molecule has 2 aliphatic rings. The van der Waals surface area contributed by atoms with Crippen LogP contribution in [0.1, 0.15) is 49.1 Å². The summed E-state index contributed by atoms with van der Waals surface area (Å²) in [6.45, 7) is 9.34. The van der Waals surface area contributed by atoms with Crippen molar-refractivity contribution in [1.29, 1.82) is 0 Å². The van der Waals surface area contributed by atoms with E-state index in [2.05, 4.69) is 40.9 Å².